The van der Waals surface area contributed by atoms with Crippen LogP contribution in [0.15, 0.2) is 34.3 Å². The van der Waals surface area contributed by atoms with Crippen LogP contribution in [-0.2, 0) is 64.0 Å². The number of hydrogen-bond donors (Lipinski definition) is 15. The Morgan fingerprint density at radius 1 is 0.456 bits per heavy atom. The number of aliphatic hydroxyl groups excluding tert-OH is 1. The van der Waals surface area contributed by atoms with E-state index in [1.165, 1.54) is 45.0 Å². The van der Waals surface area contributed by atoms with Crippen molar-refractivity contribution in [1.82, 2.24) is 26.6 Å². The first kappa shape index (κ1) is 79.9. The molecule has 0 radical (unpaired) electrons. The summed E-state index contributed by atoms with van der Waals surface area (Å²) in [7, 11) is 0. The van der Waals surface area contributed by atoms with Gasteiger partial charge in [0.15, 0.2) is 35.1 Å². The highest BCUT2D eigenvalue weighted by Crippen LogP contribution is 2.25. The first-order chi connectivity index (χ1) is 42.1. The Labute approximate surface area is 527 Å². The van der Waals surface area contributed by atoms with Gasteiger partial charge in [0, 0.05) is 75.3 Å². The molecule has 1 aromatic rings. The summed E-state index contributed by atoms with van der Waals surface area (Å²) in [5.41, 5.74) is 44.8. The minimum absolute atomic E-state index is 0.0118. The number of aliphatic imine (C=N–C) groups is 2. The molecule has 0 aliphatic carbocycles. The third-order valence-corrected chi connectivity index (χ3v) is 15.2. The van der Waals surface area contributed by atoms with Crippen molar-refractivity contribution in [3.63, 3.8) is 0 Å². The first-order valence-corrected chi connectivity index (χ1v) is 30.9. The fourth-order valence-corrected chi connectivity index (χ4v) is 9.84. The number of unbranched alkanes of at least 4 members (excludes halogenated alkanes) is 1. The summed E-state index contributed by atoms with van der Waals surface area (Å²) in [6, 6.07) is -0.531. The molecule has 0 bridgehead atoms. The second-order valence-electron chi connectivity index (χ2n) is 24.2. The number of carbonyl (C=O) groups is 12. The van der Waals surface area contributed by atoms with Gasteiger partial charge in [0.1, 0.15) is 11.8 Å². The number of aromatic hydroxyl groups is 1. The van der Waals surface area contributed by atoms with E-state index in [2.05, 4.69) is 36.6 Å². The number of guanidine groups is 2. The molecule has 90 heavy (non-hydrogen) atoms. The number of benzene rings is 1. The number of hydrogen-bond acceptors (Lipinski definition) is 17. The van der Waals surface area contributed by atoms with Gasteiger partial charge in [-0.25, -0.2) is 0 Å². The molecule has 506 valence electrons. The minimum atomic E-state index is -1.55. The number of rotatable bonds is 48. The van der Waals surface area contributed by atoms with E-state index in [9.17, 15) is 67.7 Å². The fraction of sp³-hybridized carbons (Fsp3) is 0.672. The van der Waals surface area contributed by atoms with Crippen LogP contribution in [0.5, 0.6) is 5.75 Å². The smallest absolute Gasteiger partial charge is 0.239 e. The third kappa shape index (κ3) is 32.9. The normalized spacial score (nSPS) is 14.9. The monoisotopic (exact) mass is 1270 g/mol. The van der Waals surface area contributed by atoms with Crippen LogP contribution in [0.4, 0.5) is 0 Å². The molecule has 0 aliphatic rings. The molecule has 0 saturated heterocycles. The van der Waals surface area contributed by atoms with E-state index in [0.29, 0.717) is 18.4 Å². The zero-order valence-electron chi connectivity index (χ0n) is 53.5. The molecule has 0 unspecified atom stereocenters. The van der Waals surface area contributed by atoms with Gasteiger partial charge in [-0.1, -0.05) is 53.2 Å². The van der Waals surface area contributed by atoms with E-state index < -0.39 is 175 Å². The maximum absolute atomic E-state index is 14.9. The van der Waals surface area contributed by atoms with Crippen LogP contribution in [-0.4, -0.2) is 148 Å². The van der Waals surface area contributed by atoms with E-state index in [1.807, 2.05) is 27.7 Å². The van der Waals surface area contributed by atoms with Crippen molar-refractivity contribution >= 4 is 82.3 Å². The van der Waals surface area contributed by atoms with Gasteiger partial charge in [0.2, 0.25) is 47.3 Å². The number of nitrogens with zero attached hydrogens (tertiary/aromatic N) is 2. The maximum Gasteiger partial charge on any atom is 0.239 e. The second kappa shape index (κ2) is 42.0. The number of phenolic OH excluding ortho intramolecular Hbond substituents is 1. The minimum Gasteiger partial charge on any atom is -0.508 e. The molecule has 0 saturated carbocycles. The Hall–Kier alpha value is -8.08. The van der Waals surface area contributed by atoms with Crippen LogP contribution in [0.2, 0.25) is 0 Å². The van der Waals surface area contributed by atoms with Crippen LogP contribution in [0.1, 0.15) is 163 Å². The molecule has 29 nitrogen and oxygen atoms in total. The average molecular weight is 1270 g/mol. The molecular formula is C61H103N15O14. The first-order valence-electron chi connectivity index (χ1n) is 30.9. The molecule has 1 aromatic carbocycles. The lowest BCUT2D eigenvalue weighted by Gasteiger charge is -2.27. The summed E-state index contributed by atoms with van der Waals surface area (Å²) < 4.78 is 0. The summed E-state index contributed by atoms with van der Waals surface area (Å²) in [6.45, 7) is 12.0. The number of amides is 8. The lowest BCUT2D eigenvalue weighted by molar-refractivity contribution is -0.136. The van der Waals surface area contributed by atoms with Crippen LogP contribution in [0, 0.1) is 41.4 Å². The number of carbonyl (C=O) groups excluding carboxylic acids is 12. The van der Waals surface area contributed by atoms with Gasteiger partial charge >= 0.3 is 0 Å². The van der Waals surface area contributed by atoms with Crippen molar-refractivity contribution in [2.24, 2.45) is 97.3 Å². The van der Waals surface area contributed by atoms with E-state index in [4.69, 9.17) is 45.9 Å². The molecule has 0 aromatic heterocycles. The van der Waals surface area contributed by atoms with Gasteiger partial charge in [-0.05, 0) is 121 Å². The van der Waals surface area contributed by atoms with Gasteiger partial charge < -0.3 is 82.7 Å². The number of phenols is 1. The maximum atomic E-state index is 14.9. The lowest BCUT2D eigenvalue weighted by atomic mass is 9.86. The Kier molecular flexibility index (Phi) is 37.3. The largest absolute Gasteiger partial charge is 0.508 e. The van der Waals surface area contributed by atoms with Crippen LogP contribution >= 0.6 is 0 Å². The average Bonchev–Trinajstić information content (AvgIpc) is 2.73. The second-order valence-corrected chi connectivity index (χ2v) is 24.2. The number of nitrogens with two attached hydrogens (primary N) is 8. The summed E-state index contributed by atoms with van der Waals surface area (Å²) in [4.78, 5) is 172. The van der Waals surface area contributed by atoms with Gasteiger partial charge in [-0.3, -0.25) is 67.5 Å². The number of nitrogens with one attached hydrogen (secondary N) is 5. The van der Waals surface area contributed by atoms with E-state index in [-0.39, 0.29) is 113 Å². The Morgan fingerprint density at radius 3 is 1.30 bits per heavy atom. The quantitative estimate of drug-likeness (QED) is 0.0212. The predicted molar refractivity (Wildman–Crippen MR) is 338 cm³/mol. The van der Waals surface area contributed by atoms with E-state index in [0.717, 1.165) is 0 Å². The molecular weight excluding hydrogens is 1170 g/mol. The lowest BCUT2D eigenvalue weighted by Crippen LogP contribution is -2.49. The van der Waals surface area contributed by atoms with Gasteiger partial charge in [-0.15, -0.1) is 0 Å². The fourth-order valence-electron chi connectivity index (χ4n) is 9.84. The van der Waals surface area contributed by atoms with Crippen molar-refractivity contribution in [1.29, 1.82) is 0 Å². The number of ketones is 4. The molecule has 0 aliphatic heterocycles. The third-order valence-electron chi connectivity index (χ3n) is 15.2. The molecule has 0 heterocycles. The Bertz CT molecular complexity index is 2610. The SMILES string of the molecule is CC(C)C[C@H](CC(=O)[C@H](CC(C)C)NC(=O)[C@H](CCCCN)CC(=O)[C@H](CCCN=C(N)N)NC(=O)[C@@H](CC(=O)[C@H](CCC(N)=O)NC(=O)[C@H](CCC(N)=O)CC(=O)[C@H](CCCN=C(N)N)NC(=O)[C@@H](C)[C@@H](C)O)Cc1ccc(O)cc1)C(=O)N[C@@H](C)C(N)=O. The zero-order valence-corrected chi connectivity index (χ0v) is 53.5. The number of primary amides is 3. The van der Waals surface area contributed by atoms with Crippen molar-refractivity contribution in [2.75, 3.05) is 19.6 Å². The Morgan fingerprint density at radius 2 is 0.856 bits per heavy atom. The topological polar surface area (TPSA) is 538 Å². The predicted octanol–water partition coefficient (Wildman–Crippen LogP) is -0.958. The molecule has 1 rings (SSSR count). The molecule has 23 N–H and O–H groups in total. The van der Waals surface area contributed by atoms with Crippen LogP contribution in [0.25, 0.3) is 0 Å². The van der Waals surface area contributed by atoms with E-state index in [1.54, 1.807) is 0 Å². The van der Waals surface area contributed by atoms with Crippen molar-refractivity contribution in [3.8, 4) is 5.75 Å². The number of aliphatic hydroxyl groups is 1. The highest BCUT2D eigenvalue weighted by molar-refractivity contribution is 5.99. The van der Waals surface area contributed by atoms with Gasteiger partial charge in [0.25, 0.3) is 0 Å². The highest BCUT2D eigenvalue weighted by Gasteiger charge is 2.37. The highest BCUT2D eigenvalue weighted by atomic mass is 16.3. The summed E-state index contributed by atoms with van der Waals surface area (Å²) in [5, 5.41) is 33.7. The molecule has 0 fully saturated rings. The Balaban J connectivity index is 3.87. The van der Waals surface area contributed by atoms with Crippen molar-refractivity contribution in [2.45, 2.75) is 200 Å². The summed E-state index contributed by atoms with van der Waals surface area (Å²) in [5.74, 6) is -15.0. The van der Waals surface area contributed by atoms with E-state index >= 15 is 0 Å². The molecule has 29 heteroatoms. The summed E-state index contributed by atoms with van der Waals surface area (Å²) in [6.07, 6.45) is -3.16. The van der Waals surface area contributed by atoms with Crippen molar-refractivity contribution < 1.29 is 67.7 Å². The zero-order chi connectivity index (χ0) is 68.4. The van der Waals surface area contributed by atoms with Gasteiger partial charge in [0.05, 0.1) is 36.2 Å². The molecule has 11 atom stereocenters. The van der Waals surface area contributed by atoms with Crippen LogP contribution < -0.4 is 72.5 Å². The van der Waals surface area contributed by atoms with Crippen molar-refractivity contribution in [3.05, 3.63) is 29.8 Å². The van der Waals surface area contributed by atoms with Crippen LogP contribution in [0.3, 0.4) is 0 Å². The van der Waals surface area contributed by atoms with Gasteiger partial charge in [-0.2, -0.15) is 0 Å². The molecule has 8 amide bonds. The standard InChI is InChI=1S/C61H103N15O14/c1-33(2)26-41(58(89)72-36(6)54(65)85)31-51(82)47(27-34(3)4)76-56(87)39(12-8-9-23-62)29-48(79)45(14-11-25-71-61(68)69)74-59(90)42(28-38-15-18-43(78)19-16-38)32-50(81)46(20-22-53(64)84)75-57(88)40(17-21-52(63)83)30-49(80)44(13-10-24-70-60(66)67)73-55(86)35(5)37(7)77/h15-16,18-19,33-37,39-42,44-47,77-78H,8-14,17,20-32,62H2,1-7H3,(H2,63,83)(H2,64,84)(H2,65,85)(H,72,89)(H,73,86)(H,74,90)(H,75,88)(H,76,87)(H4,66,67,70)(H4,68,69,71)/t35-,36-,37+,39+,40+,41+,42+,44-,45-,46-,47-/m0/s1. The summed E-state index contributed by atoms with van der Waals surface area (Å²) >= 11 is 0. The number of Topliss-reactive ketones (excluding diaryl/α,β-unsaturated/α-hetero) is 4. The molecule has 0 spiro atoms.